The van der Waals surface area contributed by atoms with Crippen molar-refractivity contribution in [3.8, 4) is 16.9 Å². The van der Waals surface area contributed by atoms with E-state index in [2.05, 4.69) is 53.8 Å². The fourth-order valence-electron chi connectivity index (χ4n) is 3.52. The summed E-state index contributed by atoms with van der Waals surface area (Å²) in [5, 5.41) is 4.45. The molecule has 1 unspecified atom stereocenters. The van der Waals surface area contributed by atoms with E-state index in [1.54, 1.807) is 0 Å². The number of nitrogens with one attached hydrogen (secondary N) is 1. The first kappa shape index (κ1) is 20.9. The summed E-state index contributed by atoms with van der Waals surface area (Å²) in [7, 11) is 4.14. The van der Waals surface area contributed by atoms with Crippen LogP contribution in [-0.2, 0) is 10.5 Å². The lowest BCUT2D eigenvalue weighted by atomic mass is 10.0. The summed E-state index contributed by atoms with van der Waals surface area (Å²) in [6.07, 6.45) is 0.997. The van der Waals surface area contributed by atoms with Crippen LogP contribution in [0.1, 0.15) is 24.5 Å². The Balaban J connectivity index is 1.38. The van der Waals surface area contributed by atoms with E-state index >= 15 is 0 Å². The molecule has 0 bridgehead atoms. The molecule has 0 aliphatic carbocycles. The Hall–Kier alpha value is -3.31. The monoisotopic (exact) mass is 415 g/mol. The average molecular weight is 416 g/mol. The van der Waals surface area contributed by atoms with Crippen molar-refractivity contribution in [2.45, 2.75) is 19.1 Å². The molecule has 0 saturated heterocycles. The molecule has 3 aromatic carbocycles. The summed E-state index contributed by atoms with van der Waals surface area (Å²) >= 11 is 0. The summed E-state index contributed by atoms with van der Waals surface area (Å²) in [6, 6.07) is 26.6. The highest BCUT2D eigenvalue weighted by atomic mass is 16.5. The minimum Gasteiger partial charge on any atom is -0.494 e. The molecule has 31 heavy (non-hydrogen) atoms. The number of ether oxygens (including phenoxy) is 2. The SMILES string of the molecule is CN(C)CCCOc1ccc(C2(C)NN=C(c3ccc(-c4ccccc4)cc3)O2)cc1. The van der Waals surface area contributed by atoms with Crippen molar-refractivity contribution in [2.24, 2.45) is 5.10 Å². The van der Waals surface area contributed by atoms with E-state index in [-0.39, 0.29) is 0 Å². The Labute approximate surface area is 184 Å². The fraction of sp³-hybridized carbons (Fsp3) is 0.269. The van der Waals surface area contributed by atoms with Crippen LogP contribution in [0, 0.1) is 0 Å². The van der Waals surface area contributed by atoms with E-state index in [1.807, 2.05) is 61.5 Å². The van der Waals surface area contributed by atoms with Crippen LogP contribution in [0.25, 0.3) is 11.1 Å². The molecule has 0 spiro atoms. The first-order valence-electron chi connectivity index (χ1n) is 10.6. The Morgan fingerprint density at radius 1 is 0.871 bits per heavy atom. The van der Waals surface area contributed by atoms with Gasteiger partial charge >= 0.3 is 0 Å². The van der Waals surface area contributed by atoms with Crippen molar-refractivity contribution in [3.63, 3.8) is 0 Å². The van der Waals surface area contributed by atoms with Gasteiger partial charge in [0.15, 0.2) is 0 Å². The molecule has 0 radical (unpaired) electrons. The largest absolute Gasteiger partial charge is 0.494 e. The van der Waals surface area contributed by atoms with Crippen LogP contribution >= 0.6 is 0 Å². The van der Waals surface area contributed by atoms with Crippen LogP contribution in [0.4, 0.5) is 0 Å². The van der Waals surface area contributed by atoms with Gasteiger partial charge in [-0.1, -0.05) is 42.5 Å². The molecule has 1 aliphatic rings. The second kappa shape index (κ2) is 9.23. The molecule has 3 aromatic rings. The second-order valence-electron chi connectivity index (χ2n) is 8.14. The number of rotatable bonds is 8. The molecule has 4 rings (SSSR count). The van der Waals surface area contributed by atoms with Crippen molar-refractivity contribution in [2.75, 3.05) is 27.2 Å². The van der Waals surface area contributed by atoms with Crippen molar-refractivity contribution in [3.05, 3.63) is 90.0 Å². The molecule has 5 heteroatoms. The van der Waals surface area contributed by atoms with Gasteiger partial charge in [-0.2, -0.15) is 0 Å². The van der Waals surface area contributed by atoms with E-state index in [1.165, 1.54) is 11.1 Å². The Morgan fingerprint density at radius 2 is 1.52 bits per heavy atom. The summed E-state index contributed by atoms with van der Waals surface area (Å²) in [5.74, 6) is 1.45. The highest BCUT2D eigenvalue weighted by Gasteiger charge is 2.35. The van der Waals surface area contributed by atoms with E-state index in [0.717, 1.165) is 29.8 Å². The van der Waals surface area contributed by atoms with E-state index in [4.69, 9.17) is 9.47 Å². The van der Waals surface area contributed by atoms with Gasteiger partial charge in [-0.05, 0) is 68.0 Å². The summed E-state index contributed by atoms with van der Waals surface area (Å²) in [5.41, 5.74) is 6.73. The van der Waals surface area contributed by atoms with Crippen LogP contribution < -0.4 is 10.2 Å². The normalized spacial score (nSPS) is 17.7. The Bertz CT molecular complexity index is 1010. The minimum absolute atomic E-state index is 0.589. The van der Waals surface area contributed by atoms with Crippen LogP contribution in [0.5, 0.6) is 5.75 Å². The average Bonchev–Trinajstić information content (AvgIpc) is 3.21. The van der Waals surface area contributed by atoms with Crippen LogP contribution in [0.3, 0.4) is 0 Å². The predicted octanol–water partition coefficient (Wildman–Crippen LogP) is 4.84. The molecule has 160 valence electrons. The minimum atomic E-state index is -0.711. The van der Waals surface area contributed by atoms with Gasteiger partial charge in [0.25, 0.3) is 0 Å². The molecule has 1 heterocycles. The Morgan fingerprint density at radius 3 is 2.19 bits per heavy atom. The maximum absolute atomic E-state index is 6.22. The molecule has 0 amide bonds. The smallest absolute Gasteiger partial charge is 0.240 e. The quantitative estimate of drug-likeness (QED) is 0.535. The molecule has 1 N–H and O–H groups in total. The molecular formula is C26H29N3O2. The van der Waals surface area contributed by atoms with Crippen molar-refractivity contribution < 1.29 is 9.47 Å². The zero-order valence-corrected chi connectivity index (χ0v) is 18.3. The first-order valence-corrected chi connectivity index (χ1v) is 10.6. The van der Waals surface area contributed by atoms with Crippen LogP contribution in [-0.4, -0.2) is 38.0 Å². The van der Waals surface area contributed by atoms with Gasteiger partial charge in [0, 0.05) is 24.6 Å². The third-order valence-corrected chi connectivity index (χ3v) is 5.33. The molecule has 1 aliphatic heterocycles. The molecule has 0 aromatic heterocycles. The van der Waals surface area contributed by atoms with Gasteiger partial charge in [0.1, 0.15) is 5.75 Å². The standard InChI is InChI=1S/C26H29N3O2/c1-26(23-14-16-24(17-15-23)30-19-7-18-29(2)3)28-27-25(31-26)22-12-10-21(11-13-22)20-8-5-4-6-9-20/h4-6,8-17,28H,7,18-19H2,1-3H3. The van der Waals surface area contributed by atoms with Gasteiger partial charge in [-0.25, -0.2) is 0 Å². The maximum atomic E-state index is 6.22. The highest BCUT2D eigenvalue weighted by molar-refractivity contribution is 5.95. The third kappa shape index (κ3) is 5.06. The fourth-order valence-corrected chi connectivity index (χ4v) is 3.52. The number of hydrogen-bond donors (Lipinski definition) is 1. The zero-order chi connectivity index (χ0) is 21.7. The predicted molar refractivity (Wildman–Crippen MR) is 125 cm³/mol. The number of hydrogen-bond acceptors (Lipinski definition) is 5. The molecule has 0 saturated carbocycles. The lowest BCUT2D eigenvalue weighted by Gasteiger charge is -2.24. The molecular weight excluding hydrogens is 386 g/mol. The summed E-state index contributed by atoms with van der Waals surface area (Å²) in [4.78, 5) is 2.16. The van der Waals surface area contributed by atoms with Gasteiger partial charge in [0.2, 0.25) is 11.6 Å². The third-order valence-electron chi connectivity index (χ3n) is 5.33. The lowest BCUT2D eigenvalue weighted by molar-refractivity contribution is 0.0670. The first-order chi connectivity index (χ1) is 15.0. The van der Waals surface area contributed by atoms with E-state index in [9.17, 15) is 0 Å². The van der Waals surface area contributed by atoms with E-state index in [0.29, 0.717) is 12.5 Å². The molecule has 0 fully saturated rings. The van der Waals surface area contributed by atoms with Crippen molar-refractivity contribution in [1.29, 1.82) is 0 Å². The number of nitrogens with zero attached hydrogens (tertiary/aromatic N) is 2. The van der Waals surface area contributed by atoms with Gasteiger partial charge in [-0.15, -0.1) is 5.10 Å². The topological polar surface area (TPSA) is 46.1 Å². The van der Waals surface area contributed by atoms with E-state index < -0.39 is 5.72 Å². The Kier molecular flexibility index (Phi) is 6.23. The maximum Gasteiger partial charge on any atom is 0.240 e. The lowest BCUT2D eigenvalue weighted by Crippen LogP contribution is -2.34. The van der Waals surface area contributed by atoms with Crippen molar-refractivity contribution >= 4 is 5.90 Å². The van der Waals surface area contributed by atoms with Gasteiger partial charge < -0.3 is 14.4 Å². The second-order valence-corrected chi connectivity index (χ2v) is 8.14. The summed E-state index contributed by atoms with van der Waals surface area (Å²) in [6.45, 7) is 3.70. The number of hydrazone groups is 1. The molecule has 1 atom stereocenters. The highest BCUT2D eigenvalue weighted by Crippen LogP contribution is 2.30. The molecule has 5 nitrogen and oxygen atoms in total. The van der Waals surface area contributed by atoms with Crippen molar-refractivity contribution in [1.82, 2.24) is 10.3 Å². The van der Waals surface area contributed by atoms with Gasteiger partial charge in [-0.3, -0.25) is 5.43 Å². The van der Waals surface area contributed by atoms with Crippen LogP contribution in [0.15, 0.2) is 84.0 Å². The van der Waals surface area contributed by atoms with Crippen LogP contribution in [0.2, 0.25) is 0 Å². The summed E-state index contributed by atoms with van der Waals surface area (Å²) < 4.78 is 12.1. The van der Waals surface area contributed by atoms with Gasteiger partial charge in [0.05, 0.1) is 6.61 Å². The zero-order valence-electron chi connectivity index (χ0n) is 18.3. The number of benzene rings is 3.